The smallest absolute Gasteiger partial charge is 0.206 e. The van der Waals surface area contributed by atoms with Crippen LogP contribution in [-0.2, 0) is 34.9 Å². The fraction of sp³-hybridized carbons (Fsp3) is 0.0988. The molecule has 0 saturated heterocycles. The molecule has 0 bridgehead atoms. The first-order chi connectivity index (χ1) is 46.6. The normalized spacial score (nSPS) is 11.3. The summed E-state index contributed by atoms with van der Waals surface area (Å²) < 4.78 is 110. The summed E-state index contributed by atoms with van der Waals surface area (Å²) in [5, 5.41) is 0. The summed E-state index contributed by atoms with van der Waals surface area (Å²) in [5.41, 5.74) is 7.70. The van der Waals surface area contributed by atoms with Gasteiger partial charge in [-0.05, 0) is 230 Å². The number of ketones is 1. The van der Waals surface area contributed by atoms with Crippen LogP contribution in [0.1, 0.15) is 52.0 Å². The number of aryl methyl sites for hydroxylation is 2. The second kappa shape index (κ2) is 30.6. The third-order valence-corrected chi connectivity index (χ3v) is 21.3. The molecule has 12 aromatic rings. The SMILES string of the molecule is COc1ccc(C(C)(C)c2ccc(Oc3ccc(S(=O)(=O)c4ccc(C)cc4)cc3)cc2)cc1.COc1ccc(S(=O)(=O)c2ccc(Oc3ccc(-c4ccccc4)cc3)cc2)cc1.COc1ccc(S(=O)(=O)c2ccc(Oc3ccc(C(=O)c4ccc(C)cc4)cc3)cc2)cc1. The maximum atomic E-state index is 12.9. The molecule has 0 atom stereocenters. The van der Waals surface area contributed by atoms with Gasteiger partial charge < -0.3 is 28.4 Å². The van der Waals surface area contributed by atoms with Crippen molar-refractivity contribution in [2.45, 2.75) is 62.5 Å². The summed E-state index contributed by atoms with van der Waals surface area (Å²) in [5.74, 6) is 5.50. The highest BCUT2D eigenvalue weighted by Gasteiger charge is 2.25. The Labute approximate surface area is 567 Å². The molecule has 0 aliphatic rings. The molecule has 0 N–H and O–H groups in total. The van der Waals surface area contributed by atoms with Gasteiger partial charge in [0.25, 0.3) is 0 Å². The van der Waals surface area contributed by atoms with Crippen molar-refractivity contribution >= 4 is 35.3 Å². The van der Waals surface area contributed by atoms with Gasteiger partial charge in [-0.15, -0.1) is 0 Å². The maximum absolute atomic E-state index is 12.9. The van der Waals surface area contributed by atoms with Gasteiger partial charge in [-0.2, -0.15) is 0 Å². The van der Waals surface area contributed by atoms with Crippen LogP contribution in [0.3, 0.4) is 0 Å². The van der Waals surface area contributed by atoms with Crippen LogP contribution in [0.5, 0.6) is 51.7 Å². The van der Waals surface area contributed by atoms with E-state index in [0.29, 0.717) is 57.1 Å². The Balaban J connectivity index is 0.000000158. The molecule has 13 nitrogen and oxygen atoms in total. The Morgan fingerprint density at radius 3 is 0.784 bits per heavy atom. The summed E-state index contributed by atoms with van der Waals surface area (Å²) >= 11 is 0. The number of carbonyl (C=O) groups is 1. The van der Waals surface area contributed by atoms with E-state index in [2.05, 4.69) is 50.2 Å². The molecular weight excluding hydrogens is 1280 g/mol. The molecule has 97 heavy (non-hydrogen) atoms. The van der Waals surface area contributed by atoms with Crippen LogP contribution in [0.15, 0.2) is 327 Å². The van der Waals surface area contributed by atoms with E-state index in [-0.39, 0.29) is 40.6 Å². The van der Waals surface area contributed by atoms with Gasteiger partial charge in [-0.25, -0.2) is 25.3 Å². The second-order valence-corrected chi connectivity index (χ2v) is 28.7. The maximum Gasteiger partial charge on any atom is 0.206 e. The molecular formula is C81H70O13S3. The highest BCUT2D eigenvalue weighted by Crippen LogP contribution is 2.36. The van der Waals surface area contributed by atoms with E-state index >= 15 is 0 Å². The van der Waals surface area contributed by atoms with Gasteiger partial charge in [-0.1, -0.05) is 128 Å². The summed E-state index contributed by atoms with van der Waals surface area (Å²) in [6.45, 7) is 8.26. The largest absolute Gasteiger partial charge is 0.497 e. The van der Waals surface area contributed by atoms with Crippen molar-refractivity contribution < 1.29 is 58.5 Å². The highest BCUT2D eigenvalue weighted by atomic mass is 32.2. The average Bonchev–Trinajstić information content (AvgIpc) is 0.860. The summed E-state index contributed by atoms with van der Waals surface area (Å²) in [4.78, 5) is 13.9. The first kappa shape index (κ1) is 68.8. The number of methoxy groups -OCH3 is 3. The van der Waals surface area contributed by atoms with Crippen LogP contribution in [0.2, 0.25) is 0 Å². The van der Waals surface area contributed by atoms with Crippen LogP contribution in [-0.4, -0.2) is 52.4 Å². The van der Waals surface area contributed by atoms with Crippen molar-refractivity contribution in [1.82, 2.24) is 0 Å². The lowest BCUT2D eigenvalue weighted by Gasteiger charge is -2.26. The molecule has 12 rings (SSSR count). The van der Waals surface area contributed by atoms with Crippen molar-refractivity contribution in [2.24, 2.45) is 0 Å². The molecule has 0 amide bonds. The van der Waals surface area contributed by atoms with Gasteiger partial charge in [0.05, 0.1) is 50.7 Å². The molecule has 0 saturated carbocycles. The van der Waals surface area contributed by atoms with Crippen molar-refractivity contribution in [1.29, 1.82) is 0 Å². The zero-order chi connectivity index (χ0) is 68.7. The fourth-order valence-electron chi connectivity index (χ4n) is 10.1. The molecule has 0 spiro atoms. The van der Waals surface area contributed by atoms with Crippen molar-refractivity contribution in [3.63, 3.8) is 0 Å². The molecule has 0 aliphatic heterocycles. The number of ether oxygens (including phenoxy) is 6. The molecule has 0 heterocycles. The predicted octanol–water partition coefficient (Wildman–Crippen LogP) is 18.8. The fourth-order valence-corrected chi connectivity index (χ4v) is 13.9. The quantitative estimate of drug-likeness (QED) is 0.0660. The summed E-state index contributed by atoms with van der Waals surface area (Å²) in [7, 11) is -6.08. The van der Waals surface area contributed by atoms with E-state index in [4.69, 9.17) is 28.4 Å². The number of hydrogen-bond donors (Lipinski definition) is 0. The first-order valence-electron chi connectivity index (χ1n) is 30.7. The van der Waals surface area contributed by atoms with Gasteiger partial charge in [-0.3, -0.25) is 4.79 Å². The van der Waals surface area contributed by atoms with E-state index in [9.17, 15) is 30.0 Å². The van der Waals surface area contributed by atoms with Gasteiger partial charge >= 0.3 is 0 Å². The zero-order valence-corrected chi connectivity index (χ0v) is 56.8. The minimum absolute atomic E-state index is 0.0605. The van der Waals surface area contributed by atoms with Gasteiger partial charge in [0.15, 0.2) is 5.78 Å². The van der Waals surface area contributed by atoms with Gasteiger partial charge in [0, 0.05) is 16.5 Å². The topological polar surface area (TPSA) is 175 Å². The van der Waals surface area contributed by atoms with Crippen molar-refractivity contribution in [2.75, 3.05) is 21.3 Å². The van der Waals surface area contributed by atoms with E-state index in [1.54, 1.807) is 141 Å². The standard InChI is InChI=1S/C29H28O4S.C27H22O5S.C25H20O4S/c1-21-5-17-27(18-6-21)34(30,31)28-19-15-26(16-20-28)33-25-13-9-23(10-14-25)29(2,3)22-7-11-24(32-4)12-8-22;1-19-3-5-20(6-4-19)27(28)21-7-9-23(10-8-21)32-24-13-17-26(18-14-24)33(29,30)25-15-11-22(31-2)12-16-25;1-28-21-11-15-24(16-12-21)30(26,27)25-17-13-23(14-18-25)29-22-9-7-20(8-10-22)19-5-3-2-4-6-19/h5-20H,1-4H3;3-18H,1-2H3;2-18H,1H3. The minimum Gasteiger partial charge on any atom is -0.497 e. The van der Waals surface area contributed by atoms with E-state index in [0.717, 1.165) is 33.6 Å². The monoisotopic (exact) mass is 1350 g/mol. The molecule has 12 aromatic carbocycles. The van der Waals surface area contributed by atoms with Gasteiger partial charge in [0.1, 0.15) is 51.7 Å². The molecule has 0 radical (unpaired) electrons. The Morgan fingerprint density at radius 2 is 0.485 bits per heavy atom. The van der Waals surface area contributed by atoms with Crippen LogP contribution in [0.4, 0.5) is 0 Å². The number of sulfone groups is 3. The lowest BCUT2D eigenvalue weighted by Crippen LogP contribution is -2.18. The third-order valence-electron chi connectivity index (χ3n) is 16.0. The first-order valence-corrected chi connectivity index (χ1v) is 35.1. The molecule has 0 fully saturated rings. The Kier molecular flexibility index (Phi) is 21.7. The molecule has 0 unspecified atom stereocenters. The summed E-state index contributed by atoms with van der Waals surface area (Å²) in [6.07, 6.45) is 0. The van der Waals surface area contributed by atoms with E-state index in [1.165, 1.54) is 56.2 Å². The lowest BCUT2D eigenvalue weighted by atomic mass is 9.78. The average molecular weight is 1350 g/mol. The number of rotatable bonds is 20. The zero-order valence-electron chi connectivity index (χ0n) is 54.3. The number of carbonyl (C=O) groups excluding carboxylic acids is 1. The molecule has 0 aliphatic carbocycles. The van der Waals surface area contributed by atoms with Crippen molar-refractivity contribution in [3.8, 4) is 62.9 Å². The van der Waals surface area contributed by atoms with Crippen molar-refractivity contribution in [3.05, 3.63) is 331 Å². The van der Waals surface area contributed by atoms with Crippen LogP contribution >= 0.6 is 0 Å². The van der Waals surface area contributed by atoms with Crippen LogP contribution in [0, 0.1) is 13.8 Å². The van der Waals surface area contributed by atoms with E-state index < -0.39 is 29.5 Å². The van der Waals surface area contributed by atoms with Crippen LogP contribution in [0.25, 0.3) is 11.1 Å². The number of hydrogen-bond acceptors (Lipinski definition) is 13. The Hall–Kier alpha value is -11.0. The van der Waals surface area contributed by atoms with Gasteiger partial charge in [0.2, 0.25) is 29.5 Å². The third kappa shape index (κ3) is 17.1. The number of benzene rings is 12. The Morgan fingerprint density at radius 1 is 0.268 bits per heavy atom. The molecule has 490 valence electrons. The molecule has 0 aromatic heterocycles. The molecule has 16 heteroatoms. The van der Waals surface area contributed by atoms with Crippen LogP contribution < -0.4 is 28.4 Å². The summed E-state index contributed by atoms with van der Waals surface area (Å²) in [6, 6.07) is 86.7. The second-order valence-electron chi connectivity index (χ2n) is 22.9. The van der Waals surface area contributed by atoms with E-state index in [1.807, 2.05) is 105 Å². The highest BCUT2D eigenvalue weighted by molar-refractivity contribution is 7.92. The Bertz CT molecular complexity index is 4940. The minimum atomic E-state index is -3.65. The lowest BCUT2D eigenvalue weighted by molar-refractivity contribution is 0.103. The predicted molar refractivity (Wildman–Crippen MR) is 378 cm³/mol.